The van der Waals surface area contributed by atoms with E-state index in [1.807, 2.05) is 25.3 Å². The van der Waals surface area contributed by atoms with E-state index in [1.165, 1.54) is 7.11 Å². The number of nitrogens with zero attached hydrogens (tertiary/aromatic N) is 2. The van der Waals surface area contributed by atoms with E-state index >= 15 is 0 Å². The zero-order valence-corrected chi connectivity index (χ0v) is 12.9. The first kappa shape index (κ1) is 14.2. The second-order valence-electron chi connectivity index (χ2n) is 5.07. The summed E-state index contributed by atoms with van der Waals surface area (Å²) in [5, 5.41) is 0. The van der Waals surface area contributed by atoms with Gasteiger partial charge in [-0.2, -0.15) is 4.31 Å². The molecule has 1 aromatic carbocycles. The monoisotopic (exact) mass is 306 g/mol. The lowest BCUT2D eigenvalue weighted by atomic mass is 10.2. The molecule has 0 bridgehead atoms. The minimum Gasteiger partial charge on any atom is -0.495 e. The molecule has 6 heteroatoms. The van der Waals surface area contributed by atoms with E-state index in [2.05, 4.69) is 4.57 Å². The minimum absolute atomic E-state index is 0.191. The quantitative estimate of drug-likeness (QED) is 0.874. The molecule has 0 amide bonds. The van der Waals surface area contributed by atoms with Crippen LogP contribution in [-0.4, -0.2) is 30.9 Å². The SMILES string of the molecule is COc1ccccc1S(=O)(=O)N1CCn2cccc2[C@@H]1C. The number of hydrogen-bond acceptors (Lipinski definition) is 3. The maximum Gasteiger partial charge on any atom is 0.247 e. The average molecular weight is 306 g/mol. The third-order valence-corrected chi connectivity index (χ3v) is 5.95. The number of rotatable bonds is 3. The van der Waals surface area contributed by atoms with Crippen LogP contribution in [0.15, 0.2) is 47.5 Å². The van der Waals surface area contributed by atoms with Crippen LogP contribution in [0.5, 0.6) is 5.75 Å². The summed E-state index contributed by atoms with van der Waals surface area (Å²) in [6, 6.07) is 10.5. The molecule has 0 fully saturated rings. The Morgan fingerprint density at radius 1 is 1.14 bits per heavy atom. The van der Waals surface area contributed by atoms with Gasteiger partial charge in [-0.25, -0.2) is 8.42 Å². The van der Waals surface area contributed by atoms with Crippen molar-refractivity contribution in [3.8, 4) is 5.75 Å². The number of ether oxygens (including phenoxy) is 1. The van der Waals surface area contributed by atoms with Gasteiger partial charge in [-0.05, 0) is 31.2 Å². The van der Waals surface area contributed by atoms with Gasteiger partial charge in [0.25, 0.3) is 0 Å². The van der Waals surface area contributed by atoms with E-state index in [9.17, 15) is 8.42 Å². The molecule has 0 spiro atoms. The lowest BCUT2D eigenvalue weighted by Crippen LogP contribution is -2.40. The van der Waals surface area contributed by atoms with Crippen molar-refractivity contribution in [3.05, 3.63) is 48.3 Å². The zero-order chi connectivity index (χ0) is 15.0. The van der Waals surface area contributed by atoms with Crippen molar-refractivity contribution in [2.45, 2.75) is 24.4 Å². The summed E-state index contributed by atoms with van der Waals surface area (Å²) in [5.41, 5.74) is 1.01. The predicted molar refractivity (Wildman–Crippen MR) is 79.7 cm³/mol. The van der Waals surface area contributed by atoms with E-state index in [0.717, 1.165) is 5.69 Å². The Morgan fingerprint density at radius 3 is 2.67 bits per heavy atom. The number of hydrogen-bond donors (Lipinski definition) is 0. The van der Waals surface area contributed by atoms with Gasteiger partial charge in [0.1, 0.15) is 10.6 Å². The molecular weight excluding hydrogens is 288 g/mol. The molecular formula is C15H18N2O3S. The molecule has 5 nitrogen and oxygen atoms in total. The third kappa shape index (κ3) is 2.24. The van der Waals surface area contributed by atoms with Gasteiger partial charge in [-0.15, -0.1) is 0 Å². The fraction of sp³-hybridized carbons (Fsp3) is 0.333. The zero-order valence-electron chi connectivity index (χ0n) is 12.1. The highest BCUT2D eigenvalue weighted by Crippen LogP contribution is 2.34. The summed E-state index contributed by atoms with van der Waals surface area (Å²) < 4.78 is 34.7. The van der Waals surface area contributed by atoms with Crippen LogP contribution in [0.2, 0.25) is 0 Å². The van der Waals surface area contributed by atoms with Crippen LogP contribution in [0, 0.1) is 0 Å². The maximum absolute atomic E-state index is 12.9. The molecule has 0 unspecified atom stereocenters. The molecule has 2 heterocycles. The molecule has 1 atom stereocenters. The van der Waals surface area contributed by atoms with Gasteiger partial charge in [0.05, 0.1) is 13.2 Å². The van der Waals surface area contributed by atoms with Gasteiger partial charge in [0, 0.05) is 25.0 Å². The number of sulfonamides is 1. The summed E-state index contributed by atoms with van der Waals surface area (Å²) in [6.45, 7) is 3.04. The molecule has 1 aliphatic rings. The molecule has 0 saturated carbocycles. The molecule has 1 aromatic heterocycles. The average Bonchev–Trinajstić information content (AvgIpc) is 2.96. The van der Waals surface area contributed by atoms with Gasteiger partial charge in [-0.3, -0.25) is 0 Å². The van der Waals surface area contributed by atoms with Crippen LogP contribution in [0.3, 0.4) is 0 Å². The van der Waals surface area contributed by atoms with E-state index in [0.29, 0.717) is 18.8 Å². The first-order chi connectivity index (χ1) is 10.1. The first-order valence-electron chi connectivity index (χ1n) is 6.85. The Hall–Kier alpha value is -1.79. The van der Waals surface area contributed by atoms with Crippen molar-refractivity contribution in [1.29, 1.82) is 0 Å². The number of para-hydroxylation sites is 1. The Balaban J connectivity index is 2.04. The molecule has 0 N–H and O–H groups in total. The van der Waals surface area contributed by atoms with Gasteiger partial charge in [-0.1, -0.05) is 12.1 Å². The Bertz CT molecular complexity index is 752. The summed E-state index contributed by atoms with van der Waals surface area (Å²) in [7, 11) is -2.09. The van der Waals surface area contributed by atoms with Crippen LogP contribution in [0.4, 0.5) is 0 Å². The minimum atomic E-state index is -3.58. The van der Waals surface area contributed by atoms with Crippen LogP contribution >= 0.6 is 0 Å². The van der Waals surface area contributed by atoms with E-state index in [4.69, 9.17) is 4.74 Å². The summed E-state index contributed by atoms with van der Waals surface area (Å²) in [5.74, 6) is 0.380. The van der Waals surface area contributed by atoms with Crippen molar-refractivity contribution in [3.63, 3.8) is 0 Å². The van der Waals surface area contributed by atoms with Crippen LogP contribution in [-0.2, 0) is 16.6 Å². The summed E-state index contributed by atoms with van der Waals surface area (Å²) in [6.07, 6.45) is 1.99. The Labute approximate surface area is 124 Å². The molecule has 112 valence electrons. The maximum atomic E-state index is 12.9. The lowest BCUT2D eigenvalue weighted by molar-refractivity contribution is 0.281. The van der Waals surface area contributed by atoms with Crippen molar-refractivity contribution in [2.24, 2.45) is 0 Å². The largest absolute Gasteiger partial charge is 0.495 e. The standard InChI is InChI=1S/C15H18N2O3S/c1-12-13-6-5-9-16(13)10-11-17(12)21(18,19)15-8-4-3-7-14(15)20-2/h3-9,12H,10-11H2,1-2H3/t12-/m0/s1. The van der Waals surface area contributed by atoms with Crippen molar-refractivity contribution in [2.75, 3.05) is 13.7 Å². The molecule has 0 aliphatic carbocycles. The van der Waals surface area contributed by atoms with E-state index in [1.54, 1.807) is 28.6 Å². The predicted octanol–water partition coefficient (Wildman–Crippen LogP) is 2.26. The van der Waals surface area contributed by atoms with Gasteiger partial charge in [0.15, 0.2) is 0 Å². The summed E-state index contributed by atoms with van der Waals surface area (Å²) in [4.78, 5) is 0.222. The lowest BCUT2D eigenvalue weighted by Gasteiger charge is -2.34. The molecule has 2 aromatic rings. The fourth-order valence-corrected chi connectivity index (χ4v) is 4.60. The van der Waals surface area contributed by atoms with E-state index < -0.39 is 10.0 Å². The molecule has 0 saturated heterocycles. The third-order valence-electron chi connectivity index (χ3n) is 3.94. The highest BCUT2D eigenvalue weighted by atomic mass is 32.2. The van der Waals surface area contributed by atoms with Crippen LogP contribution < -0.4 is 4.74 Å². The van der Waals surface area contributed by atoms with Crippen molar-refractivity contribution in [1.82, 2.24) is 8.87 Å². The Kier molecular flexibility index (Phi) is 3.51. The fourth-order valence-electron chi connectivity index (χ4n) is 2.84. The van der Waals surface area contributed by atoms with Crippen molar-refractivity contribution >= 4 is 10.0 Å². The number of fused-ring (bicyclic) bond motifs is 1. The molecule has 0 radical (unpaired) electrons. The van der Waals surface area contributed by atoms with Crippen LogP contribution in [0.25, 0.3) is 0 Å². The molecule has 21 heavy (non-hydrogen) atoms. The number of methoxy groups -OCH3 is 1. The van der Waals surface area contributed by atoms with Gasteiger partial charge >= 0.3 is 0 Å². The second-order valence-corrected chi connectivity index (χ2v) is 6.93. The Morgan fingerprint density at radius 2 is 1.90 bits per heavy atom. The highest BCUT2D eigenvalue weighted by Gasteiger charge is 2.35. The molecule has 1 aliphatic heterocycles. The van der Waals surface area contributed by atoms with E-state index in [-0.39, 0.29) is 10.9 Å². The normalized spacial score (nSPS) is 19.2. The second kappa shape index (κ2) is 5.20. The van der Waals surface area contributed by atoms with Crippen LogP contribution in [0.1, 0.15) is 18.7 Å². The smallest absolute Gasteiger partial charge is 0.247 e. The number of benzene rings is 1. The number of aromatic nitrogens is 1. The topological polar surface area (TPSA) is 51.5 Å². The van der Waals surface area contributed by atoms with Gasteiger partial charge < -0.3 is 9.30 Å². The highest BCUT2D eigenvalue weighted by molar-refractivity contribution is 7.89. The summed E-state index contributed by atoms with van der Waals surface area (Å²) >= 11 is 0. The van der Waals surface area contributed by atoms with Gasteiger partial charge in [0.2, 0.25) is 10.0 Å². The molecule has 3 rings (SSSR count). The van der Waals surface area contributed by atoms with Crippen molar-refractivity contribution < 1.29 is 13.2 Å². The first-order valence-corrected chi connectivity index (χ1v) is 8.29.